The molecule has 0 aliphatic carbocycles. The molecule has 4 heteroatoms. The predicted molar refractivity (Wildman–Crippen MR) is 104 cm³/mol. The van der Waals surface area contributed by atoms with Crippen LogP contribution < -0.4 is 0 Å². The quantitative estimate of drug-likeness (QED) is 0.539. The molecule has 1 aromatic rings. The average molecular weight is 360 g/mol. The molecule has 0 radical (unpaired) electrons. The molecule has 0 bridgehead atoms. The molecule has 1 aromatic carbocycles. The van der Waals surface area contributed by atoms with Crippen LogP contribution in [0.3, 0.4) is 0 Å². The van der Waals surface area contributed by atoms with Gasteiger partial charge in [0.15, 0.2) is 0 Å². The van der Waals surface area contributed by atoms with Gasteiger partial charge in [0.2, 0.25) is 5.91 Å². The normalized spacial score (nSPS) is 18.2. The third-order valence-electron chi connectivity index (χ3n) is 5.02. The summed E-state index contributed by atoms with van der Waals surface area (Å²) in [6, 6.07) is 9.80. The Hall–Kier alpha value is -1.84. The summed E-state index contributed by atoms with van der Waals surface area (Å²) in [5, 5.41) is 0. The van der Waals surface area contributed by atoms with Crippen molar-refractivity contribution in [3.05, 3.63) is 35.9 Å². The highest BCUT2D eigenvalue weighted by Crippen LogP contribution is 2.26. The first-order valence-electron chi connectivity index (χ1n) is 10.1. The zero-order valence-electron chi connectivity index (χ0n) is 16.4. The molecule has 144 valence electrons. The van der Waals surface area contributed by atoms with E-state index >= 15 is 0 Å². The van der Waals surface area contributed by atoms with Crippen LogP contribution >= 0.6 is 0 Å². The van der Waals surface area contributed by atoms with Crippen LogP contribution in [-0.2, 0) is 16.0 Å². The summed E-state index contributed by atoms with van der Waals surface area (Å²) in [4.78, 5) is 26.8. The van der Waals surface area contributed by atoms with Crippen molar-refractivity contribution in [3.8, 4) is 0 Å². The lowest BCUT2D eigenvalue weighted by Gasteiger charge is -2.26. The van der Waals surface area contributed by atoms with E-state index in [2.05, 4.69) is 20.8 Å². The zero-order chi connectivity index (χ0) is 18.9. The Morgan fingerprint density at radius 1 is 1.19 bits per heavy atom. The van der Waals surface area contributed by atoms with Crippen LogP contribution in [0.25, 0.3) is 0 Å². The van der Waals surface area contributed by atoms with E-state index in [1.807, 2.05) is 30.3 Å². The second kappa shape index (κ2) is 10.3. The number of amides is 2. The molecule has 1 aliphatic rings. The fourth-order valence-electron chi connectivity index (χ4n) is 3.69. The highest BCUT2D eigenvalue weighted by atomic mass is 16.6. The molecule has 1 fully saturated rings. The fraction of sp³-hybridized carbons (Fsp3) is 0.636. The molecule has 0 N–H and O–H groups in total. The monoisotopic (exact) mass is 359 g/mol. The van der Waals surface area contributed by atoms with Crippen molar-refractivity contribution in [3.63, 3.8) is 0 Å². The molecule has 1 aliphatic heterocycles. The number of carbonyl (C=O) groups excluding carboxylic acids is 2. The number of hydrogen-bond acceptors (Lipinski definition) is 3. The van der Waals surface area contributed by atoms with E-state index < -0.39 is 6.09 Å². The largest absolute Gasteiger partial charge is 0.447 e. The minimum Gasteiger partial charge on any atom is -0.447 e. The number of ether oxygens (including phenoxy) is 1. The number of unbranched alkanes of at least 4 members (excludes halogenated alkanes) is 3. The van der Waals surface area contributed by atoms with Gasteiger partial charge in [0.25, 0.3) is 0 Å². The van der Waals surface area contributed by atoms with Gasteiger partial charge in [-0.2, -0.15) is 0 Å². The lowest BCUT2D eigenvalue weighted by molar-refractivity contribution is -0.134. The van der Waals surface area contributed by atoms with E-state index in [-0.39, 0.29) is 17.9 Å². The Balaban J connectivity index is 2.06. The zero-order valence-corrected chi connectivity index (χ0v) is 16.4. The minimum absolute atomic E-state index is 0.0429. The number of rotatable bonds is 10. The molecule has 1 heterocycles. The van der Waals surface area contributed by atoms with E-state index in [1.165, 1.54) is 17.7 Å². The number of nitrogens with zero attached hydrogens (tertiary/aromatic N) is 1. The van der Waals surface area contributed by atoms with Gasteiger partial charge in [0.1, 0.15) is 6.61 Å². The third-order valence-corrected chi connectivity index (χ3v) is 5.02. The molecular weight excluding hydrogens is 326 g/mol. The van der Waals surface area contributed by atoms with E-state index in [4.69, 9.17) is 4.74 Å². The Labute approximate surface area is 157 Å². The van der Waals surface area contributed by atoms with Gasteiger partial charge in [-0.05, 0) is 30.7 Å². The highest BCUT2D eigenvalue weighted by molar-refractivity contribution is 5.94. The topological polar surface area (TPSA) is 46.6 Å². The molecule has 0 saturated carbocycles. The first kappa shape index (κ1) is 20.5. The van der Waals surface area contributed by atoms with E-state index in [9.17, 15) is 9.59 Å². The standard InChI is InChI=1S/C22H33NO3/c1-4-5-6-10-13-19(14-17(2)3)21(24)23-20(16-26-22(23)25)15-18-11-8-7-9-12-18/h7-9,11-12,17,19-20H,4-6,10,13-16H2,1-3H3/t19-,20-/m0/s1. The maximum atomic E-state index is 13.2. The van der Waals surface area contributed by atoms with Gasteiger partial charge in [-0.3, -0.25) is 4.79 Å². The van der Waals surface area contributed by atoms with Crippen LogP contribution in [0.4, 0.5) is 4.79 Å². The summed E-state index contributed by atoms with van der Waals surface area (Å²) in [7, 11) is 0. The Morgan fingerprint density at radius 3 is 2.58 bits per heavy atom. The molecule has 2 amide bonds. The van der Waals surface area contributed by atoms with Crippen molar-refractivity contribution in [2.75, 3.05) is 6.61 Å². The first-order valence-corrected chi connectivity index (χ1v) is 10.1. The fourth-order valence-corrected chi connectivity index (χ4v) is 3.69. The molecule has 2 atom stereocenters. The number of imide groups is 1. The maximum absolute atomic E-state index is 13.2. The van der Waals surface area contributed by atoms with Gasteiger partial charge in [0.05, 0.1) is 6.04 Å². The SMILES string of the molecule is CCCCCC[C@@H](CC(C)C)C(=O)N1C(=O)OC[C@@H]1Cc1ccccc1. The van der Waals surface area contributed by atoms with Gasteiger partial charge in [-0.15, -0.1) is 0 Å². The number of hydrogen-bond donors (Lipinski definition) is 0. The van der Waals surface area contributed by atoms with Gasteiger partial charge >= 0.3 is 6.09 Å². The second-order valence-electron chi connectivity index (χ2n) is 7.80. The molecule has 0 spiro atoms. The lowest BCUT2D eigenvalue weighted by atomic mass is 9.90. The van der Waals surface area contributed by atoms with Crippen molar-refractivity contribution in [1.82, 2.24) is 4.90 Å². The lowest BCUT2D eigenvalue weighted by Crippen LogP contribution is -2.44. The first-order chi connectivity index (χ1) is 12.5. The van der Waals surface area contributed by atoms with E-state index in [0.29, 0.717) is 18.9 Å². The van der Waals surface area contributed by atoms with Crippen molar-refractivity contribution >= 4 is 12.0 Å². The highest BCUT2D eigenvalue weighted by Gasteiger charge is 2.40. The molecule has 26 heavy (non-hydrogen) atoms. The summed E-state index contributed by atoms with van der Waals surface area (Å²) >= 11 is 0. The van der Waals surface area contributed by atoms with Gasteiger partial charge in [0, 0.05) is 5.92 Å². The summed E-state index contributed by atoms with van der Waals surface area (Å²) in [6.45, 7) is 6.75. The van der Waals surface area contributed by atoms with Gasteiger partial charge < -0.3 is 4.74 Å². The van der Waals surface area contributed by atoms with Gasteiger partial charge in [-0.25, -0.2) is 9.69 Å². The third kappa shape index (κ3) is 5.86. The van der Waals surface area contributed by atoms with Crippen molar-refractivity contribution in [1.29, 1.82) is 0 Å². The molecular formula is C22H33NO3. The Bertz CT molecular complexity index is 570. The second-order valence-corrected chi connectivity index (χ2v) is 7.80. The van der Waals surface area contributed by atoms with Crippen molar-refractivity contribution < 1.29 is 14.3 Å². The Morgan fingerprint density at radius 2 is 1.92 bits per heavy atom. The molecule has 1 saturated heterocycles. The van der Waals surface area contributed by atoms with Crippen LogP contribution in [-0.4, -0.2) is 29.5 Å². The Kier molecular flexibility index (Phi) is 8.14. The summed E-state index contributed by atoms with van der Waals surface area (Å²) in [5.41, 5.74) is 1.12. The van der Waals surface area contributed by atoms with Crippen LogP contribution in [0.5, 0.6) is 0 Å². The number of carbonyl (C=O) groups is 2. The van der Waals surface area contributed by atoms with Gasteiger partial charge in [-0.1, -0.05) is 76.8 Å². The van der Waals surface area contributed by atoms with Crippen LogP contribution in [0, 0.1) is 11.8 Å². The molecule has 4 nitrogen and oxygen atoms in total. The predicted octanol–water partition coefficient (Wildman–Crippen LogP) is 5.21. The summed E-state index contributed by atoms with van der Waals surface area (Å²) < 4.78 is 5.24. The average Bonchev–Trinajstić information content (AvgIpc) is 2.98. The van der Waals surface area contributed by atoms with Crippen LogP contribution in [0.2, 0.25) is 0 Å². The number of cyclic esters (lactones) is 1. The summed E-state index contributed by atoms with van der Waals surface area (Å²) in [5.74, 6) is 0.302. The van der Waals surface area contributed by atoms with Crippen molar-refractivity contribution in [2.45, 2.75) is 71.8 Å². The van der Waals surface area contributed by atoms with Crippen LogP contribution in [0.15, 0.2) is 30.3 Å². The minimum atomic E-state index is -0.474. The maximum Gasteiger partial charge on any atom is 0.416 e. The molecule has 2 rings (SSSR count). The van der Waals surface area contributed by atoms with Crippen molar-refractivity contribution in [2.24, 2.45) is 11.8 Å². The summed E-state index contributed by atoms with van der Waals surface area (Å²) in [6.07, 6.45) is 6.44. The van der Waals surface area contributed by atoms with E-state index in [1.54, 1.807) is 0 Å². The molecule has 0 unspecified atom stereocenters. The molecule has 0 aromatic heterocycles. The van der Waals surface area contributed by atoms with Crippen LogP contribution in [0.1, 0.15) is 64.9 Å². The van der Waals surface area contributed by atoms with E-state index in [0.717, 1.165) is 31.2 Å². The smallest absolute Gasteiger partial charge is 0.416 e. The number of benzene rings is 1.